The van der Waals surface area contributed by atoms with Gasteiger partial charge in [-0.1, -0.05) is 37.3 Å². The first-order chi connectivity index (χ1) is 13.6. The smallest absolute Gasteiger partial charge is 0.228 e. The maximum absolute atomic E-state index is 13.1. The van der Waals surface area contributed by atoms with Gasteiger partial charge in [0.25, 0.3) is 0 Å². The zero-order valence-corrected chi connectivity index (χ0v) is 19.5. The van der Waals surface area contributed by atoms with Crippen molar-refractivity contribution in [1.29, 1.82) is 0 Å². The molecular formula is C22H36Cl2N4O2. The minimum atomic E-state index is -0.230. The number of carbonyl (C=O) groups is 2. The van der Waals surface area contributed by atoms with Crippen LogP contribution in [0.3, 0.4) is 0 Å². The number of hydrogen-bond acceptors (Lipinski definition) is 4. The SMILES string of the molecule is CCN1CCCC1CN1CC(C(=O)N(CCN)CCc2ccccc2)CC1=O.Cl.Cl. The second-order valence-electron chi connectivity index (χ2n) is 7.97. The van der Waals surface area contributed by atoms with E-state index in [9.17, 15) is 9.59 Å². The Morgan fingerprint density at radius 1 is 1.20 bits per heavy atom. The van der Waals surface area contributed by atoms with E-state index in [-0.39, 0.29) is 42.5 Å². The summed E-state index contributed by atoms with van der Waals surface area (Å²) in [6.45, 7) is 7.27. The summed E-state index contributed by atoms with van der Waals surface area (Å²) in [5.74, 6) is -0.0284. The predicted octanol–water partition coefficient (Wildman–Crippen LogP) is 2.19. The molecule has 0 bridgehead atoms. The van der Waals surface area contributed by atoms with E-state index in [0.29, 0.717) is 38.6 Å². The van der Waals surface area contributed by atoms with Crippen molar-refractivity contribution in [3.05, 3.63) is 35.9 Å². The highest BCUT2D eigenvalue weighted by Gasteiger charge is 2.38. The van der Waals surface area contributed by atoms with Gasteiger partial charge in [-0.15, -0.1) is 24.8 Å². The molecule has 2 unspecified atom stereocenters. The Kier molecular flexibility index (Phi) is 11.7. The summed E-state index contributed by atoms with van der Waals surface area (Å²) in [6, 6.07) is 10.6. The molecule has 0 aliphatic carbocycles. The van der Waals surface area contributed by atoms with Crippen LogP contribution in [0.2, 0.25) is 0 Å². The minimum Gasteiger partial charge on any atom is -0.341 e. The molecule has 2 atom stereocenters. The van der Waals surface area contributed by atoms with Gasteiger partial charge in [-0.3, -0.25) is 14.5 Å². The number of halogens is 2. The number of amides is 2. The summed E-state index contributed by atoms with van der Waals surface area (Å²) in [7, 11) is 0. The molecule has 2 saturated heterocycles. The van der Waals surface area contributed by atoms with Crippen LogP contribution in [0.25, 0.3) is 0 Å². The first-order valence-electron chi connectivity index (χ1n) is 10.7. The summed E-state index contributed by atoms with van der Waals surface area (Å²) in [6.07, 6.45) is 3.49. The van der Waals surface area contributed by atoms with E-state index < -0.39 is 0 Å². The van der Waals surface area contributed by atoms with Crippen LogP contribution in [0, 0.1) is 5.92 Å². The first kappa shape index (κ1) is 26.7. The zero-order valence-electron chi connectivity index (χ0n) is 17.9. The van der Waals surface area contributed by atoms with E-state index in [1.54, 1.807) is 0 Å². The first-order valence-corrected chi connectivity index (χ1v) is 10.7. The third-order valence-corrected chi connectivity index (χ3v) is 6.12. The molecule has 0 aromatic heterocycles. The molecule has 3 rings (SSSR count). The highest BCUT2D eigenvalue weighted by Crippen LogP contribution is 2.24. The second kappa shape index (κ2) is 13.2. The van der Waals surface area contributed by atoms with Crippen LogP contribution < -0.4 is 5.73 Å². The molecule has 170 valence electrons. The Bertz CT molecular complexity index is 662. The lowest BCUT2D eigenvalue weighted by atomic mass is 10.1. The van der Waals surface area contributed by atoms with Gasteiger partial charge in [-0.2, -0.15) is 0 Å². The molecule has 2 aliphatic rings. The van der Waals surface area contributed by atoms with E-state index in [4.69, 9.17) is 5.73 Å². The summed E-state index contributed by atoms with van der Waals surface area (Å²) >= 11 is 0. The molecule has 0 spiro atoms. The van der Waals surface area contributed by atoms with Crippen LogP contribution in [-0.2, 0) is 16.0 Å². The maximum atomic E-state index is 13.1. The van der Waals surface area contributed by atoms with Gasteiger partial charge in [-0.25, -0.2) is 0 Å². The van der Waals surface area contributed by atoms with Crippen molar-refractivity contribution in [3.63, 3.8) is 0 Å². The molecule has 6 nitrogen and oxygen atoms in total. The number of nitrogens with two attached hydrogens (primary N) is 1. The fourth-order valence-corrected chi connectivity index (χ4v) is 4.54. The van der Waals surface area contributed by atoms with Crippen molar-refractivity contribution >= 4 is 36.6 Å². The van der Waals surface area contributed by atoms with Crippen LogP contribution >= 0.6 is 24.8 Å². The van der Waals surface area contributed by atoms with Gasteiger partial charge in [0.05, 0.1) is 5.92 Å². The Hall–Kier alpha value is -1.34. The fraction of sp³-hybridized carbons (Fsp3) is 0.636. The number of likely N-dealkylation sites (N-methyl/N-ethyl adjacent to an activating group) is 1. The highest BCUT2D eigenvalue weighted by molar-refractivity contribution is 5.89. The number of nitrogens with zero attached hydrogens (tertiary/aromatic N) is 3. The third kappa shape index (κ3) is 6.84. The summed E-state index contributed by atoms with van der Waals surface area (Å²) in [5, 5.41) is 0. The average Bonchev–Trinajstić information content (AvgIpc) is 3.32. The lowest BCUT2D eigenvalue weighted by molar-refractivity contribution is -0.135. The topological polar surface area (TPSA) is 69.9 Å². The van der Waals surface area contributed by atoms with Gasteiger partial charge in [0.2, 0.25) is 11.8 Å². The third-order valence-electron chi connectivity index (χ3n) is 6.12. The number of benzene rings is 1. The average molecular weight is 459 g/mol. The van der Waals surface area contributed by atoms with Crippen LogP contribution in [0.5, 0.6) is 0 Å². The molecule has 2 amide bonds. The lowest BCUT2D eigenvalue weighted by Gasteiger charge is -2.28. The van der Waals surface area contributed by atoms with Gasteiger partial charge in [0.1, 0.15) is 0 Å². The van der Waals surface area contributed by atoms with Gasteiger partial charge in [0.15, 0.2) is 0 Å². The normalized spacial score (nSPS) is 21.3. The van der Waals surface area contributed by atoms with Gasteiger partial charge < -0.3 is 15.5 Å². The molecule has 2 fully saturated rings. The van der Waals surface area contributed by atoms with E-state index >= 15 is 0 Å². The molecule has 2 aliphatic heterocycles. The Balaban J connectivity index is 0.00000225. The number of likely N-dealkylation sites (tertiary alicyclic amines) is 2. The summed E-state index contributed by atoms with van der Waals surface area (Å²) < 4.78 is 0. The monoisotopic (exact) mass is 458 g/mol. The molecule has 1 aromatic carbocycles. The minimum absolute atomic E-state index is 0. The molecule has 30 heavy (non-hydrogen) atoms. The number of carbonyl (C=O) groups excluding carboxylic acids is 2. The number of hydrogen-bond donors (Lipinski definition) is 1. The van der Waals surface area contributed by atoms with Gasteiger partial charge >= 0.3 is 0 Å². The van der Waals surface area contributed by atoms with Crippen molar-refractivity contribution in [2.24, 2.45) is 11.7 Å². The van der Waals surface area contributed by atoms with E-state index in [2.05, 4.69) is 24.0 Å². The zero-order chi connectivity index (χ0) is 19.9. The van der Waals surface area contributed by atoms with Crippen LogP contribution in [0.4, 0.5) is 0 Å². The summed E-state index contributed by atoms with van der Waals surface area (Å²) in [5.41, 5.74) is 6.96. The van der Waals surface area contributed by atoms with Crippen molar-refractivity contribution in [2.75, 3.05) is 45.8 Å². The molecule has 0 radical (unpaired) electrons. The van der Waals surface area contributed by atoms with Crippen molar-refractivity contribution in [3.8, 4) is 0 Å². The number of rotatable bonds is 9. The van der Waals surface area contributed by atoms with E-state index in [0.717, 1.165) is 32.5 Å². The van der Waals surface area contributed by atoms with Crippen LogP contribution in [0.15, 0.2) is 30.3 Å². The van der Waals surface area contributed by atoms with Crippen molar-refractivity contribution < 1.29 is 9.59 Å². The van der Waals surface area contributed by atoms with Crippen molar-refractivity contribution in [2.45, 2.75) is 38.6 Å². The predicted molar refractivity (Wildman–Crippen MR) is 125 cm³/mol. The fourth-order valence-electron chi connectivity index (χ4n) is 4.54. The maximum Gasteiger partial charge on any atom is 0.228 e. The Morgan fingerprint density at radius 2 is 1.93 bits per heavy atom. The largest absolute Gasteiger partial charge is 0.341 e. The highest BCUT2D eigenvalue weighted by atomic mass is 35.5. The quantitative estimate of drug-likeness (QED) is 0.615. The molecule has 2 heterocycles. The lowest BCUT2D eigenvalue weighted by Crippen LogP contribution is -2.43. The molecule has 2 N–H and O–H groups in total. The van der Waals surface area contributed by atoms with Crippen LogP contribution in [-0.4, -0.2) is 78.4 Å². The Labute approximate surface area is 193 Å². The standard InChI is InChI=1S/C22H34N4O2.2ClH/c1-2-24-12-6-9-20(24)17-26-16-19(15-21(26)27)22(28)25(14-11-23)13-10-18-7-4-3-5-8-18;;/h3-5,7-8,19-20H,2,6,9-17,23H2,1H3;2*1H. The Morgan fingerprint density at radius 3 is 2.60 bits per heavy atom. The molecular weight excluding hydrogens is 423 g/mol. The molecule has 0 saturated carbocycles. The van der Waals surface area contributed by atoms with E-state index in [1.165, 1.54) is 12.0 Å². The molecule has 8 heteroatoms. The summed E-state index contributed by atoms with van der Waals surface area (Å²) in [4.78, 5) is 31.8. The van der Waals surface area contributed by atoms with Crippen LogP contribution in [0.1, 0.15) is 31.7 Å². The molecule has 1 aromatic rings. The van der Waals surface area contributed by atoms with Gasteiger partial charge in [-0.05, 0) is 37.9 Å². The van der Waals surface area contributed by atoms with Gasteiger partial charge in [0, 0.05) is 45.2 Å². The van der Waals surface area contributed by atoms with Crippen molar-refractivity contribution in [1.82, 2.24) is 14.7 Å². The second-order valence-corrected chi connectivity index (χ2v) is 7.97. The van der Waals surface area contributed by atoms with E-state index in [1.807, 2.05) is 28.0 Å².